The van der Waals surface area contributed by atoms with Crippen LogP contribution in [0.5, 0.6) is 0 Å². The first-order valence-corrected chi connectivity index (χ1v) is 4.81. The molecule has 3 nitrogen and oxygen atoms in total. The molecule has 0 aromatic carbocycles. The minimum absolute atomic E-state index is 0.750. The Bertz CT molecular complexity index is 103. The smallest absolute Gasteiger partial charge is 0.209 e. The minimum Gasteiger partial charge on any atom is -0.351 e. The fourth-order valence-electron chi connectivity index (χ4n) is 0.678. The largest absolute Gasteiger partial charge is 0.351 e. The van der Waals surface area contributed by atoms with E-state index in [1.807, 2.05) is 0 Å². The molecule has 0 aliphatic heterocycles. The van der Waals surface area contributed by atoms with Gasteiger partial charge in [-0.2, -0.15) is 0 Å². The van der Waals surface area contributed by atoms with E-state index in [1.165, 1.54) is 30.7 Å². The van der Waals surface area contributed by atoms with Crippen LogP contribution in [0.3, 0.4) is 0 Å². The second kappa shape index (κ2) is 11.4. The van der Waals surface area contributed by atoms with E-state index in [2.05, 4.69) is 25.9 Å². The van der Waals surface area contributed by atoms with Gasteiger partial charge in [0.05, 0.1) is 0 Å². The van der Waals surface area contributed by atoms with Crippen LogP contribution in [0.25, 0.3) is 0 Å². The first kappa shape index (κ1) is 14.9. The third-order valence-electron chi connectivity index (χ3n) is 1.42. The van der Waals surface area contributed by atoms with Gasteiger partial charge >= 0.3 is 0 Å². The van der Waals surface area contributed by atoms with Gasteiger partial charge in [-0.15, -0.1) is 0 Å². The zero-order chi connectivity index (χ0) is 10.7. The lowest BCUT2D eigenvalue weighted by Crippen LogP contribution is -2.12. The van der Waals surface area contributed by atoms with Crippen LogP contribution in [0.1, 0.15) is 26.2 Å². The predicted molar refractivity (Wildman–Crippen MR) is 57.8 cm³/mol. The number of rotatable bonds is 5. The molecule has 0 heterocycles. The zero-order valence-electron chi connectivity index (χ0n) is 9.71. The van der Waals surface area contributed by atoms with Crippen molar-refractivity contribution in [1.82, 2.24) is 9.80 Å². The van der Waals surface area contributed by atoms with E-state index in [4.69, 9.17) is 0 Å². The van der Waals surface area contributed by atoms with E-state index < -0.39 is 0 Å². The summed E-state index contributed by atoms with van der Waals surface area (Å²) in [4.78, 5) is 13.1. The SMILES string of the molecule is CCCCCN(C)C.CN(C)C=O. The summed E-state index contributed by atoms with van der Waals surface area (Å²) in [5.74, 6) is 0. The van der Waals surface area contributed by atoms with Crippen molar-refractivity contribution in [3.05, 3.63) is 0 Å². The van der Waals surface area contributed by atoms with E-state index in [0.717, 1.165) is 6.41 Å². The topological polar surface area (TPSA) is 23.6 Å². The Morgan fingerprint density at radius 3 is 1.77 bits per heavy atom. The summed E-state index contributed by atoms with van der Waals surface area (Å²) in [6, 6.07) is 0. The highest BCUT2D eigenvalue weighted by atomic mass is 16.1. The first-order chi connectivity index (χ1) is 6.04. The molecule has 0 aliphatic carbocycles. The predicted octanol–water partition coefficient (Wildman–Crippen LogP) is 1.44. The van der Waals surface area contributed by atoms with E-state index in [-0.39, 0.29) is 0 Å². The van der Waals surface area contributed by atoms with Crippen LogP contribution in [0.4, 0.5) is 0 Å². The van der Waals surface area contributed by atoms with Crippen LogP contribution < -0.4 is 0 Å². The highest BCUT2D eigenvalue weighted by Gasteiger charge is 1.86. The molecular formula is C10H24N2O. The molecule has 3 heteroatoms. The van der Waals surface area contributed by atoms with Crippen molar-refractivity contribution in [1.29, 1.82) is 0 Å². The molecule has 0 radical (unpaired) electrons. The maximum absolute atomic E-state index is 9.43. The average Bonchev–Trinajstić information content (AvgIpc) is 2.05. The molecule has 0 aliphatic rings. The molecule has 0 saturated heterocycles. The van der Waals surface area contributed by atoms with Gasteiger partial charge in [0.15, 0.2) is 0 Å². The molecule has 80 valence electrons. The fraction of sp³-hybridized carbons (Fsp3) is 0.900. The number of hydrogen-bond donors (Lipinski definition) is 0. The lowest BCUT2D eigenvalue weighted by atomic mass is 10.2. The molecule has 0 aromatic rings. The summed E-state index contributed by atoms with van der Waals surface area (Å²) in [6.45, 7) is 3.48. The molecule has 13 heavy (non-hydrogen) atoms. The quantitative estimate of drug-likeness (QED) is 0.481. The fourth-order valence-corrected chi connectivity index (χ4v) is 0.678. The first-order valence-electron chi connectivity index (χ1n) is 4.81. The summed E-state index contributed by atoms with van der Waals surface area (Å²) >= 11 is 0. The van der Waals surface area contributed by atoms with Crippen LogP contribution >= 0.6 is 0 Å². The van der Waals surface area contributed by atoms with Crippen LogP contribution in [0.2, 0.25) is 0 Å². The molecule has 0 unspecified atom stereocenters. The van der Waals surface area contributed by atoms with Crippen LogP contribution in [-0.2, 0) is 4.79 Å². The Hall–Kier alpha value is -0.570. The third kappa shape index (κ3) is 24.6. The van der Waals surface area contributed by atoms with Crippen molar-refractivity contribution < 1.29 is 4.79 Å². The van der Waals surface area contributed by atoms with Crippen LogP contribution in [-0.4, -0.2) is 50.9 Å². The Labute approximate surface area is 82.7 Å². The number of carbonyl (C=O) groups is 1. The van der Waals surface area contributed by atoms with Gasteiger partial charge in [-0.05, 0) is 27.1 Å². The van der Waals surface area contributed by atoms with E-state index in [0.29, 0.717) is 0 Å². The van der Waals surface area contributed by atoms with E-state index >= 15 is 0 Å². The minimum atomic E-state index is 0.750. The van der Waals surface area contributed by atoms with Crippen molar-refractivity contribution in [3.63, 3.8) is 0 Å². The number of hydrogen-bond acceptors (Lipinski definition) is 2. The molecule has 0 aromatic heterocycles. The highest BCUT2D eigenvalue weighted by molar-refractivity contribution is 5.45. The number of amides is 1. The molecule has 0 bridgehead atoms. The average molecular weight is 188 g/mol. The monoisotopic (exact) mass is 188 g/mol. The molecule has 1 amide bonds. The van der Waals surface area contributed by atoms with E-state index in [9.17, 15) is 4.79 Å². The summed E-state index contributed by atoms with van der Waals surface area (Å²) in [5, 5.41) is 0. The van der Waals surface area contributed by atoms with Gasteiger partial charge in [-0.1, -0.05) is 19.8 Å². The van der Waals surface area contributed by atoms with Gasteiger partial charge in [-0.25, -0.2) is 0 Å². The van der Waals surface area contributed by atoms with Crippen LogP contribution in [0.15, 0.2) is 0 Å². The number of carbonyl (C=O) groups excluding carboxylic acids is 1. The number of nitrogens with zero attached hydrogens (tertiary/aromatic N) is 2. The zero-order valence-corrected chi connectivity index (χ0v) is 9.71. The Morgan fingerprint density at radius 1 is 1.08 bits per heavy atom. The molecule has 0 atom stereocenters. The van der Waals surface area contributed by atoms with Gasteiger partial charge in [0, 0.05) is 14.1 Å². The highest BCUT2D eigenvalue weighted by Crippen LogP contribution is 1.93. The van der Waals surface area contributed by atoms with Gasteiger partial charge in [0.1, 0.15) is 0 Å². The maximum atomic E-state index is 9.43. The molecule has 0 fully saturated rings. The van der Waals surface area contributed by atoms with Crippen molar-refractivity contribution >= 4 is 6.41 Å². The maximum Gasteiger partial charge on any atom is 0.209 e. The van der Waals surface area contributed by atoms with Gasteiger partial charge in [0.2, 0.25) is 6.41 Å². The molecule has 0 spiro atoms. The Morgan fingerprint density at radius 2 is 1.54 bits per heavy atom. The second-order valence-corrected chi connectivity index (χ2v) is 3.58. The summed E-state index contributed by atoms with van der Waals surface area (Å²) in [5.41, 5.74) is 0. The molecule has 0 saturated carbocycles. The van der Waals surface area contributed by atoms with E-state index in [1.54, 1.807) is 14.1 Å². The van der Waals surface area contributed by atoms with Crippen molar-refractivity contribution in [2.24, 2.45) is 0 Å². The summed E-state index contributed by atoms with van der Waals surface area (Å²) in [6.07, 6.45) is 4.80. The van der Waals surface area contributed by atoms with Gasteiger partial charge < -0.3 is 9.80 Å². The van der Waals surface area contributed by atoms with Gasteiger partial charge in [-0.3, -0.25) is 4.79 Å². The van der Waals surface area contributed by atoms with Crippen molar-refractivity contribution in [2.45, 2.75) is 26.2 Å². The van der Waals surface area contributed by atoms with Crippen molar-refractivity contribution in [3.8, 4) is 0 Å². The lowest BCUT2D eigenvalue weighted by Gasteiger charge is -2.06. The number of unbranched alkanes of at least 4 members (excludes halogenated alkanes) is 2. The molecule has 0 rings (SSSR count). The second-order valence-electron chi connectivity index (χ2n) is 3.58. The standard InChI is InChI=1S/C7H17N.C3H7NO/c1-4-5-6-7-8(2)3;1-4(2)3-5/h4-7H2,1-3H3;3H,1-2H3. The van der Waals surface area contributed by atoms with Crippen molar-refractivity contribution in [2.75, 3.05) is 34.7 Å². The lowest BCUT2D eigenvalue weighted by molar-refractivity contribution is -0.115. The summed E-state index contributed by atoms with van der Waals surface area (Å²) < 4.78 is 0. The summed E-state index contributed by atoms with van der Waals surface area (Å²) in [7, 11) is 7.62. The normalized spacial score (nSPS) is 9.08. The van der Waals surface area contributed by atoms with Crippen LogP contribution in [0, 0.1) is 0 Å². The third-order valence-corrected chi connectivity index (χ3v) is 1.42. The Balaban J connectivity index is 0. The van der Waals surface area contributed by atoms with Gasteiger partial charge in [0.25, 0.3) is 0 Å². The Kier molecular flexibility index (Phi) is 13.1. The molecule has 0 N–H and O–H groups in total. The molecular weight excluding hydrogens is 164 g/mol.